The van der Waals surface area contributed by atoms with Crippen LogP contribution in [0.25, 0.3) is 22.8 Å². The SMILES string of the molecule is O=c1[nH]c(-c2cncnc2)nc2c1CN(Cc1cnc(-c3ccccc3)nc1)CC2. The molecule has 1 aliphatic heterocycles. The van der Waals surface area contributed by atoms with Crippen molar-refractivity contribution < 1.29 is 0 Å². The molecule has 0 radical (unpaired) electrons. The molecule has 0 saturated heterocycles. The first-order chi connectivity index (χ1) is 14.8. The van der Waals surface area contributed by atoms with E-state index in [0.717, 1.165) is 23.4 Å². The molecule has 3 aromatic heterocycles. The first kappa shape index (κ1) is 18.3. The molecular formula is C22H19N7O. The van der Waals surface area contributed by atoms with Crippen LogP contribution < -0.4 is 5.56 Å². The highest BCUT2D eigenvalue weighted by atomic mass is 16.1. The molecule has 148 valence electrons. The molecule has 1 aromatic carbocycles. The molecule has 4 aromatic rings. The summed E-state index contributed by atoms with van der Waals surface area (Å²) in [4.78, 5) is 39.4. The van der Waals surface area contributed by atoms with Gasteiger partial charge in [0.1, 0.15) is 12.2 Å². The maximum absolute atomic E-state index is 12.7. The number of benzene rings is 1. The first-order valence-corrected chi connectivity index (χ1v) is 9.72. The molecule has 1 aliphatic rings. The highest BCUT2D eigenvalue weighted by Crippen LogP contribution is 2.19. The molecule has 0 bridgehead atoms. The third-order valence-electron chi connectivity index (χ3n) is 5.13. The zero-order valence-electron chi connectivity index (χ0n) is 16.2. The number of hydrogen-bond acceptors (Lipinski definition) is 7. The van der Waals surface area contributed by atoms with Gasteiger partial charge in [0.2, 0.25) is 0 Å². The van der Waals surface area contributed by atoms with Gasteiger partial charge in [-0.2, -0.15) is 0 Å². The molecular weight excluding hydrogens is 378 g/mol. The van der Waals surface area contributed by atoms with E-state index in [4.69, 9.17) is 0 Å². The van der Waals surface area contributed by atoms with Gasteiger partial charge in [-0.1, -0.05) is 30.3 Å². The van der Waals surface area contributed by atoms with Crippen LogP contribution in [-0.4, -0.2) is 41.3 Å². The maximum Gasteiger partial charge on any atom is 0.255 e. The van der Waals surface area contributed by atoms with Gasteiger partial charge in [0.15, 0.2) is 5.82 Å². The molecule has 0 spiro atoms. The standard InChI is InChI=1S/C22H19N7O/c30-22-18-13-29(7-6-19(18)27-21(28-22)17-10-23-14-24-11-17)12-15-8-25-20(26-9-15)16-4-2-1-3-5-16/h1-5,8-11,14H,6-7,12-13H2,(H,27,28,30). The number of aromatic amines is 1. The number of hydrogen-bond donors (Lipinski definition) is 1. The summed E-state index contributed by atoms with van der Waals surface area (Å²) in [7, 11) is 0. The minimum absolute atomic E-state index is 0.112. The van der Waals surface area contributed by atoms with Gasteiger partial charge in [-0.25, -0.2) is 24.9 Å². The van der Waals surface area contributed by atoms with E-state index in [1.807, 2.05) is 42.7 Å². The van der Waals surface area contributed by atoms with Crippen molar-refractivity contribution in [3.05, 3.63) is 88.6 Å². The quantitative estimate of drug-likeness (QED) is 0.564. The average molecular weight is 397 g/mol. The van der Waals surface area contributed by atoms with Crippen molar-refractivity contribution in [3.8, 4) is 22.8 Å². The second-order valence-electron chi connectivity index (χ2n) is 7.21. The van der Waals surface area contributed by atoms with Crippen LogP contribution in [0.15, 0.2) is 66.2 Å². The van der Waals surface area contributed by atoms with Crippen molar-refractivity contribution >= 4 is 0 Å². The van der Waals surface area contributed by atoms with Crippen molar-refractivity contribution in [2.24, 2.45) is 0 Å². The van der Waals surface area contributed by atoms with Crippen molar-refractivity contribution in [2.45, 2.75) is 19.5 Å². The fraction of sp³-hybridized carbons (Fsp3) is 0.182. The smallest absolute Gasteiger partial charge is 0.255 e. The lowest BCUT2D eigenvalue weighted by molar-refractivity contribution is 0.241. The van der Waals surface area contributed by atoms with Crippen molar-refractivity contribution in [1.82, 2.24) is 34.8 Å². The number of fused-ring (bicyclic) bond motifs is 1. The van der Waals surface area contributed by atoms with Gasteiger partial charge >= 0.3 is 0 Å². The van der Waals surface area contributed by atoms with E-state index in [2.05, 4.69) is 34.8 Å². The van der Waals surface area contributed by atoms with E-state index in [1.54, 1.807) is 12.4 Å². The van der Waals surface area contributed by atoms with Crippen LogP contribution in [0.3, 0.4) is 0 Å². The Hall–Kier alpha value is -3.78. The Labute approximate surface area is 172 Å². The summed E-state index contributed by atoms with van der Waals surface area (Å²) in [6.45, 7) is 2.04. The minimum atomic E-state index is -0.112. The lowest BCUT2D eigenvalue weighted by Gasteiger charge is -2.27. The number of rotatable bonds is 4. The molecule has 8 nitrogen and oxygen atoms in total. The van der Waals surface area contributed by atoms with E-state index >= 15 is 0 Å². The topological polar surface area (TPSA) is 101 Å². The van der Waals surface area contributed by atoms with E-state index in [0.29, 0.717) is 42.3 Å². The number of H-pyrrole nitrogens is 1. The lowest BCUT2D eigenvalue weighted by Crippen LogP contribution is -2.35. The zero-order chi connectivity index (χ0) is 20.3. The molecule has 0 aliphatic carbocycles. The van der Waals surface area contributed by atoms with Gasteiger partial charge in [-0.05, 0) is 0 Å². The second-order valence-corrected chi connectivity index (χ2v) is 7.21. The zero-order valence-corrected chi connectivity index (χ0v) is 16.2. The third-order valence-corrected chi connectivity index (χ3v) is 5.13. The molecule has 0 saturated carbocycles. The average Bonchev–Trinajstić information content (AvgIpc) is 2.81. The summed E-state index contributed by atoms with van der Waals surface area (Å²) in [5.41, 5.74) is 4.15. The van der Waals surface area contributed by atoms with E-state index < -0.39 is 0 Å². The van der Waals surface area contributed by atoms with Crippen molar-refractivity contribution in [1.29, 1.82) is 0 Å². The van der Waals surface area contributed by atoms with E-state index in [1.165, 1.54) is 6.33 Å². The fourth-order valence-electron chi connectivity index (χ4n) is 3.60. The molecule has 4 heterocycles. The van der Waals surface area contributed by atoms with E-state index in [-0.39, 0.29) is 5.56 Å². The van der Waals surface area contributed by atoms with Crippen molar-refractivity contribution in [3.63, 3.8) is 0 Å². The van der Waals surface area contributed by atoms with Gasteiger partial charge in [0, 0.05) is 62.0 Å². The Morgan fingerprint density at radius 3 is 2.50 bits per heavy atom. The van der Waals surface area contributed by atoms with Crippen LogP contribution in [0.5, 0.6) is 0 Å². The predicted octanol–water partition coefficient (Wildman–Crippen LogP) is 2.24. The summed E-state index contributed by atoms with van der Waals surface area (Å²) >= 11 is 0. The van der Waals surface area contributed by atoms with Gasteiger partial charge in [0.05, 0.1) is 16.8 Å². The minimum Gasteiger partial charge on any atom is -0.306 e. The maximum atomic E-state index is 12.7. The Morgan fingerprint density at radius 1 is 0.967 bits per heavy atom. The largest absolute Gasteiger partial charge is 0.306 e. The summed E-state index contributed by atoms with van der Waals surface area (Å²) < 4.78 is 0. The van der Waals surface area contributed by atoms with Gasteiger partial charge in [-0.3, -0.25) is 9.69 Å². The van der Waals surface area contributed by atoms with Crippen LogP contribution in [0, 0.1) is 0 Å². The summed E-state index contributed by atoms with van der Waals surface area (Å²) in [5.74, 6) is 1.22. The van der Waals surface area contributed by atoms with Crippen LogP contribution in [0.2, 0.25) is 0 Å². The first-order valence-electron chi connectivity index (χ1n) is 9.72. The Morgan fingerprint density at radius 2 is 1.73 bits per heavy atom. The van der Waals surface area contributed by atoms with Crippen LogP contribution in [0.1, 0.15) is 16.8 Å². The highest BCUT2D eigenvalue weighted by molar-refractivity contribution is 5.54. The molecule has 0 fully saturated rings. The Bertz CT molecular complexity index is 1210. The second kappa shape index (κ2) is 7.92. The number of nitrogens with one attached hydrogen (secondary N) is 1. The van der Waals surface area contributed by atoms with Gasteiger partial charge in [0.25, 0.3) is 5.56 Å². The van der Waals surface area contributed by atoms with E-state index in [9.17, 15) is 4.79 Å². The molecule has 1 N–H and O–H groups in total. The number of aromatic nitrogens is 6. The monoisotopic (exact) mass is 397 g/mol. The number of nitrogens with zero attached hydrogens (tertiary/aromatic N) is 6. The molecule has 5 rings (SSSR count). The summed E-state index contributed by atoms with van der Waals surface area (Å²) in [6, 6.07) is 9.90. The highest BCUT2D eigenvalue weighted by Gasteiger charge is 2.22. The fourth-order valence-corrected chi connectivity index (χ4v) is 3.60. The summed E-state index contributed by atoms with van der Waals surface area (Å²) in [6.07, 6.45) is 9.16. The van der Waals surface area contributed by atoms with Gasteiger partial charge < -0.3 is 4.98 Å². The third kappa shape index (κ3) is 3.72. The van der Waals surface area contributed by atoms with Crippen LogP contribution in [0.4, 0.5) is 0 Å². The Kier molecular flexibility index (Phi) is 4.82. The molecule has 0 atom stereocenters. The Balaban J connectivity index is 1.32. The molecule has 8 heteroatoms. The lowest BCUT2D eigenvalue weighted by atomic mass is 10.1. The van der Waals surface area contributed by atoms with Crippen LogP contribution in [-0.2, 0) is 19.5 Å². The van der Waals surface area contributed by atoms with Crippen LogP contribution >= 0.6 is 0 Å². The molecule has 0 unspecified atom stereocenters. The normalized spacial score (nSPS) is 13.7. The predicted molar refractivity (Wildman–Crippen MR) is 111 cm³/mol. The van der Waals surface area contributed by atoms with Crippen molar-refractivity contribution in [2.75, 3.05) is 6.54 Å². The summed E-state index contributed by atoms with van der Waals surface area (Å²) in [5, 5.41) is 0. The molecule has 0 amide bonds. The molecule has 30 heavy (non-hydrogen) atoms. The van der Waals surface area contributed by atoms with Gasteiger partial charge in [-0.15, -0.1) is 0 Å².